The van der Waals surface area contributed by atoms with Crippen LogP contribution in [0.25, 0.3) is 0 Å². The lowest BCUT2D eigenvalue weighted by Gasteiger charge is -2.41. The first-order chi connectivity index (χ1) is 16.0. The Morgan fingerprint density at radius 1 is 1.27 bits per heavy atom. The van der Waals surface area contributed by atoms with Crippen LogP contribution in [0.2, 0.25) is 0 Å². The molecule has 2 fully saturated rings. The number of hydrogen-bond acceptors (Lipinski definition) is 5. The number of amides is 3. The van der Waals surface area contributed by atoms with E-state index in [1.54, 1.807) is 29.9 Å². The second-order valence-electron chi connectivity index (χ2n) is 8.54. The molecule has 2 aliphatic rings. The van der Waals surface area contributed by atoms with Gasteiger partial charge in [-0.05, 0) is 38.2 Å². The van der Waals surface area contributed by atoms with Crippen LogP contribution in [0.3, 0.4) is 0 Å². The SMILES string of the molecule is C=CCNC(=O)N1[C@@H](c2ccccc2)[C@@H](C(=O)OCC)C[C@]12CCCCN(CCOC)C2=O. The molecular weight excluding hydrogens is 422 g/mol. The summed E-state index contributed by atoms with van der Waals surface area (Å²) in [6.07, 6.45) is 3.93. The molecule has 2 aliphatic heterocycles. The Kier molecular flexibility index (Phi) is 8.49. The van der Waals surface area contributed by atoms with Crippen LogP contribution in [0.15, 0.2) is 43.0 Å². The highest BCUT2D eigenvalue weighted by molar-refractivity contribution is 5.94. The number of carbonyl (C=O) groups excluding carboxylic acids is 3. The van der Waals surface area contributed by atoms with E-state index >= 15 is 0 Å². The Bertz CT molecular complexity index is 846. The number of hydrogen-bond donors (Lipinski definition) is 1. The standard InChI is InChI=1S/C25H35N3O5/c1-4-14-26-24(31)28-21(19-11-7-6-8-12-19)20(22(29)33-5-2)18-25(28)13-9-10-15-27(23(25)30)16-17-32-3/h4,6-8,11-12,20-21H,1,5,9-10,13-18H2,2-3H3,(H,26,31)/t20-,21-,25-/m0/s1. The average Bonchev–Trinajstić information content (AvgIpc) is 3.10. The summed E-state index contributed by atoms with van der Waals surface area (Å²) in [6, 6.07) is 8.45. The zero-order valence-corrected chi connectivity index (χ0v) is 19.6. The van der Waals surface area contributed by atoms with Gasteiger partial charge in [0.05, 0.1) is 25.2 Å². The predicted molar refractivity (Wildman–Crippen MR) is 124 cm³/mol. The number of rotatable bonds is 8. The third kappa shape index (κ3) is 5.05. The molecule has 2 heterocycles. The van der Waals surface area contributed by atoms with Crippen molar-refractivity contribution in [2.24, 2.45) is 5.92 Å². The number of carbonyl (C=O) groups is 3. The van der Waals surface area contributed by atoms with Gasteiger partial charge in [0, 0.05) is 26.7 Å². The molecule has 8 heteroatoms. The van der Waals surface area contributed by atoms with Gasteiger partial charge >= 0.3 is 12.0 Å². The minimum absolute atomic E-state index is 0.126. The number of esters is 1. The van der Waals surface area contributed by atoms with E-state index in [2.05, 4.69) is 11.9 Å². The van der Waals surface area contributed by atoms with Gasteiger partial charge in [0.15, 0.2) is 0 Å². The maximum atomic E-state index is 14.0. The summed E-state index contributed by atoms with van der Waals surface area (Å²) in [5.74, 6) is -1.16. The van der Waals surface area contributed by atoms with E-state index in [-0.39, 0.29) is 37.5 Å². The molecule has 0 radical (unpaired) electrons. The maximum Gasteiger partial charge on any atom is 0.319 e. The van der Waals surface area contributed by atoms with Gasteiger partial charge in [-0.15, -0.1) is 6.58 Å². The maximum absolute atomic E-state index is 14.0. The van der Waals surface area contributed by atoms with Crippen LogP contribution in [-0.2, 0) is 19.1 Å². The molecule has 1 aromatic rings. The predicted octanol–water partition coefficient (Wildman–Crippen LogP) is 2.91. The van der Waals surface area contributed by atoms with Crippen molar-refractivity contribution in [1.29, 1.82) is 0 Å². The van der Waals surface area contributed by atoms with Gasteiger partial charge in [-0.1, -0.05) is 36.4 Å². The summed E-state index contributed by atoms with van der Waals surface area (Å²) in [5.41, 5.74) is -0.324. The lowest BCUT2D eigenvalue weighted by Crippen LogP contribution is -2.60. The summed E-state index contributed by atoms with van der Waals surface area (Å²) >= 11 is 0. The Labute approximate surface area is 195 Å². The number of nitrogens with one attached hydrogen (secondary N) is 1. The summed E-state index contributed by atoms with van der Waals surface area (Å²) in [4.78, 5) is 44.2. The smallest absolute Gasteiger partial charge is 0.319 e. The number of ether oxygens (including phenoxy) is 2. The summed E-state index contributed by atoms with van der Waals surface area (Å²) < 4.78 is 10.6. The van der Waals surface area contributed by atoms with Crippen LogP contribution in [0.1, 0.15) is 44.2 Å². The fourth-order valence-corrected chi connectivity index (χ4v) is 5.13. The minimum atomic E-state index is -1.13. The zero-order valence-electron chi connectivity index (χ0n) is 19.6. The normalized spacial score (nSPS) is 25.1. The molecule has 3 atom stereocenters. The van der Waals surface area contributed by atoms with Gasteiger partial charge in [0.25, 0.3) is 0 Å². The van der Waals surface area contributed by atoms with Gasteiger partial charge < -0.3 is 24.6 Å². The fraction of sp³-hybridized carbons (Fsp3) is 0.560. The summed E-state index contributed by atoms with van der Waals surface area (Å²) in [7, 11) is 1.60. The second-order valence-corrected chi connectivity index (χ2v) is 8.54. The third-order valence-corrected chi connectivity index (χ3v) is 6.54. The van der Waals surface area contributed by atoms with E-state index in [0.717, 1.165) is 18.4 Å². The zero-order chi connectivity index (χ0) is 23.8. The molecule has 0 aliphatic carbocycles. The van der Waals surface area contributed by atoms with Crippen molar-refractivity contribution in [3.63, 3.8) is 0 Å². The number of benzene rings is 1. The van der Waals surface area contributed by atoms with E-state index in [1.807, 2.05) is 30.3 Å². The van der Waals surface area contributed by atoms with Crippen LogP contribution in [0.5, 0.6) is 0 Å². The number of nitrogens with zero attached hydrogens (tertiary/aromatic N) is 2. The van der Waals surface area contributed by atoms with Crippen LogP contribution in [0, 0.1) is 5.92 Å². The molecular formula is C25H35N3O5. The molecule has 0 saturated carbocycles. The van der Waals surface area contributed by atoms with Gasteiger partial charge in [-0.3, -0.25) is 9.59 Å². The number of likely N-dealkylation sites (tertiary alicyclic amines) is 2. The van der Waals surface area contributed by atoms with E-state index in [0.29, 0.717) is 26.1 Å². The Morgan fingerprint density at radius 3 is 2.70 bits per heavy atom. The quantitative estimate of drug-likeness (QED) is 0.479. The van der Waals surface area contributed by atoms with Crippen molar-refractivity contribution < 1.29 is 23.9 Å². The molecule has 1 aromatic carbocycles. The lowest BCUT2D eigenvalue weighted by atomic mass is 9.85. The largest absolute Gasteiger partial charge is 0.466 e. The average molecular weight is 458 g/mol. The molecule has 0 bridgehead atoms. The number of methoxy groups -OCH3 is 1. The van der Waals surface area contributed by atoms with Crippen molar-refractivity contribution in [3.05, 3.63) is 48.6 Å². The topological polar surface area (TPSA) is 88.2 Å². The molecule has 3 rings (SSSR count). The lowest BCUT2D eigenvalue weighted by molar-refractivity contribution is -0.148. The minimum Gasteiger partial charge on any atom is -0.466 e. The first-order valence-electron chi connectivity index (χ1n) is 11.7. The highest BCUT2D eigenvalue weighted by Crippen LogP contribution is 2.51. The van der Waals surface area contributed by atoms with Crippen molar-refractivity contribution in [2.75, 3.05) is 40.0 Å². The Morgan fingerprint density at radius 2 is 2.03 bits per heavy atom. The van der Waals surface area contributed by atoms with Gasteiger partial charge in [-0.2, -0.15) is 0 Å². The molecule has 33 heavy (non-hydrogen) atoms. The van der Waals surface area contributed by atoms with E-state index in [9.17, 15) is 14.4 Å². The van der Waals surface area contributed by atoms with Crippen LogP contribution >= 0.6 is 0 Å². The summed E-state index contributed by atoms with van der Waals surface area (Å²) in [5, 5.41) is 2.86. The van der Waals surface area contributed by atoms with Crippen LogP contribution < -0.4 is 5.32 Å². The monoisotopic (exact) mass is 457 g/mol. The molecule has 2 saturated heterocycles. The van der Waals surface area contributed by atoms with Crippen molar-refractivity contribution >= 4 is 17.9 Å². The van der Waals surface area contributed by atoms with Gasteiger partial charge in [0.2, 0.25) is 5.91 Å². The van der Waals surface area contributed by atoms with Crippen molar-refractivity contribution in [2.45, 2.75) is 44.2 Å². The molecule has 1 N–H and O–H groups in total. The summed E-state index contributed by atoms with van der Waals surface area (Å²) in [6.45, 7) is 7.41. The first-order valence-corrected chi connectivity index (χ1v) is 11.7. The highest BCUT2D eigenvalue weighted by Gasteiger charge is 2.61. The molecule has 1 spiro atoms. The highest BCUT2D eigenvalue weighted by atomic mass is 16.5. The van der Waals surface area contributed by atoms with E-state index < -0.39 is 17.5 Å². The van der Waals surface area contributed by atoms with Crippen molar-refractivity contribution in [1.82, 2.24) is 15.1 Å². The fourth-order valence-electron chi connectivity index (χ4n) is 5.13. The van der Waals surface area contributed by atoms with Gasteiger partial charge in [0.1, 0.15) is 5.54 Å². The van der Waals surface area contributed by atoms with Crippen LogP contribution in [0.4, 0.5) is 4.79 Å². The van der Waals surface area contributed by atoms with Gasteiger partial charge in [-0.25, -0.2) is 4.79 Å². The molecule has 0 unspecified atom stereocenters. The molecule has 3 amide bonds. The molecule has 8 nitrogen and oxygen atoms in total. The third-order valence-electron chi connectivity index (χ3n) is 6.54. The van der Waals surface area contributed by atoms with E-state index in [1.165, 1.54) is 0 Å². The number of urea groups is 1. The van der Waals surface area contributed by atoms with Crippen molar-refractivity contribution in [3.8, 4) is 0 Å². The molecule has 0 aromatic heterocycles. The molecule has 180 valence electrons. The van der Waals surface area contributed by atoms with Crippen LogP contribution in [-0.4, -0.2) is 73.2 Å². The Hall–Kier alpha value is -2.87. The second kappa shape index (κ2) is 11.3. The Balaban J connectivity index is 2.13. The first kappa shape index (κ1) is 24.8. The van der Waals surface area contributed by atoms with E-state index in [4.69, 9.17) is 9.47 Å².